The van der Waals surface area contributed by atoms with Crippen molar-refractivity contribution in [2.75, 3.05) is 39.1 Å². The van der Waals surface area contributed by atoms with Gasteiger partial charge in [0, 0.05) is 31.7 Å². The first-order chi connectivity index (χ1) is 8.63. The number of fused-ring (bicyclic) bond motifs is 1. The monoisotopic (exact) mass is 310 g/mol. The van der Waals surface area contributed by atoms with Crippen LogP contribution < -0.4 is 4.90 Å². The molecule has 0 saturated heterocycles. The zero-order chi connectivity index (χ0) is 13.1. The average molecular weight is 311 g/mol. The fourth-order valence-corrected chi connectivity index (χ4v) is 2.44. The summed E-state index contributed by atoms with van der Waals surface area (Å²) >= 11 is 3.56. The zero-order valence-corrected chi connectivity index (χ0v) is 12.7. The molecular formula is C13H19BrN4. The number of anilines is 1. The summed E-state index contributed by atoms with van der Waals surface area (Å²) in [5, 5.41) is 0.805. The topological polar surface area (TPSA) is 23.8 Å². The molecule has 0 N–H and O–H groups in total. The summed E-state index contributed by atoms with van der Waals surface area (Å²) in [5.41, 5.74) is 2.20. The van der Waals surface area contributed by atoms with E-state index in [1.165, 1.54) is 5.69 Å². The molecule has 4 nitrogen and oxygen atoms in total. The van der Waals surface area contributed by atoms with Crippen molar-refractivity contribution in [3.05, 3.63) is 30.1 Å². The summed E-state index contributed by atoms with van der Waals surface area (Å²) in [7, 11) is 6.27. The average Bonchev–Trinajstić information content (AvgIpc) is 2.74. The molecule has 0 aliphatic heterocycles. The van der Waals surface area contributed by atoms with E-state index in [0.717, 1.165) is 29.9 Å². The van der Waals surface area contributed by atoms with Crippen molar-refractivity contribution in [1.29, 1.82) is 0 Å². The number of halogens is 1. The van der Waals surface area contributed by atoms with Crippen LogP contribution in [0.1, 0.15) is 5.69 Å². The van der Waals surface area contributed by atoms with Crippen molar-refractivity contribution in [2.24, 2.45) is 0 Å². The quantitative estimate of drug-likeness (QED) is 0.791. The minimum absolute atomic E-state index is 0.805. The highest BCUT2D eigenvalue weighted by atomic mass is 79.9. The van der Waals surface area contributed by atoms with Gasteiger partial charge in [-0.15, -0.1) is 0 Å². The highest BCUT2D eigenvalue weighted by Gasteiger charge is 2.14. The van der Waals surface area contributed by atoms with Crippen molar-refractivity contribution in [3.63, 3.8) is 0 Å². The van der Waals surface area contributed by atoms with Gasteiger partial charge in [0.05, 0.1) is 5.69 Å². The second-order valence-electron chi connectivity index (χ2n) is 4.67. The van der Waals surface area contributed by atoms with Gasteiger partial charge in [-0.1, -0.05) is 22.0 Å². The minimum Gasteiger partial charge on any atom is -0.357 e. The fraction of sp³-hybridized carbons (Fsp3) is 0.462. The molecule has 0 saturated carbocycles. The molecule has 5 heteroatoms. The van der Waals surface area contributed by atoms with E-state index in [1.54, 1.807) is 0 Å². The molecule has 0 amide bonds. The maximum Gasteiger partial charge on any atom is 0.151 e. The zero-order valence-electron chi connectivity index (χ0n) is 11.1. The predicted molar refractivity (Wildman–Crippen MR) is 79.6 cm³/mol. The first-order valence-corrected chi connectivity index (χ1v) is 7.13. The second kappa shape index (κ2) is 5.71. The molecule has 98 valence electrons. The molecule has 0 aliphatic rings. The molecule has 2 aromatic heterocycles. The van der Waals surface area contributed by atoms with Gasteiger partial charge >= 0.3 is 0 Å². The second-order valence-corrected chi connectivity index (χ2v) is 5.23. The Morgan fingerprint density at radius 1 is 1.22 bits per heavy atom. The van der Waals surface area contributed by atoms with Crippen molar-refractivity contribution < 1.29 is 0 Å². The van der Waals surface area contributed by atoms with E-state index in [9.17, 15) is 0 Å². The van der Waals surface area contributed by atoms with Crippen molar-refractivity contribution >= 4 is 27.4 Å². The number of nitrogens with zero attached hydrogens (tertiary/aromatic N) is 4. The Morgan fingerprint density at radius 3 is 2.67 bits per heavy atom. The Labute approximate surface area is 116 Å². The van der Waals surface area contributed by atoms with Crippen LogP contribution in [0.15, 0.2) is 24.4 Å². The molecule has 0 spiro atoms. The lowest BCUT2D eigenvalue weighted by atomic mass is 10.4. The third kappa shape index (κ3) is 2.67. The number of pyridine rings is 1. The van der Waals surface area contributed by atoms with Crippen LogP contribution in [0, 0.1) is 0 Å². The number of rotatable bonds is 5. The SMILES string of the molecule is CN(C)CCN(C)c1nc2ccccn2c1CBr. The summed E-state index contributed by atoms with van der Waals surface area (Å²) in [6, 6.07) is 6.09. The summed E-state index contributed by atoms with van der Waals surface area (Å²) < 4.78 is 2.14. The number of imidazole rings is 1. The van der Waals surface area contributed by atoms with Crippen LogP contribution >= 0.6 is 15.9 Å². The third-order valence-corrected chi connectivity index (χ3v) is 3.51. The summed E-state index contributed by atoms with van der Waals surface area (Å²) in [6.45, 7) is 1.99. The molecule has 0 aromatic carbocycles. The number of likely N-dealkylation sites (N-methyl/N-ethyl adjacent to an activating group) is 2. The fourth-order valence-electron chi connectivity index (χ4n) is 1.92. The molecule has 0 unspecified atom stereocenters. The van der Waals surface area contributed by atoms with Gasteiger partial charge in [-0.2, -0.15) is 0 Å². The van der Waals surface area contributed by atoms with Gasteiger partial charge in [-0.3, -0.25) is 0 Å². The maximum absolute atomic E-state index is 4.70. The van der Waals surface area contributed by atoms with Gasteiger partial charge < -0.3 is 14.2 Å². The van der Waals surface area contributed by atoms with Gasteiger partial charge in [0.1, 0.15) is 5.65 Å². The Bertz CT molecular complexity index is 521. The molecule has 0 atom stereocenters. The summed E-state index contributed by atoms with van der Waals surface area (Å²) in [5.74, 6) is 1.06. The van der Waals surface area contributed by atoms with E-state index < -0.39 is 0 Å². The molecule has 2 aromatic rings. The largest absolute Gasteiger partial charge is 0.357 e. The first-order valence-electron chi connectivity index (χ1n) is 6.01. The van der Waals surface area contributed by atoms with E-state index in [2.05, 4.69) is 57.5 Å². The number of hydrogen-bond donors (Lipinski definition) is 0. The summed E-state index contributed by atoms with van der Waals surface area (Å²) in [4.78, 5) is 9.09. The molecule has 18 heavy (non-hydrogen) atoms. The van der Waals surface area contributed by atoms with E-state index in [0.29, 0.717) is 0 Å². The van der Waals surface area contributed by atoms with Crippen LogP contribution in [-0.4, -0.2) is 48.5 Å². The molecule has 0 fully saturated rings. The molecule has 2 heterocycles. The molecular weight excluding hydrogens is 292 g/mol. The standard InChI is InChI=1S/C13H19BrN4/c1-16(2)8-9-17(3)13-11(10-14)18-7-5-4-6-12(18)15-13/h4-7H,8-10H2,1-3H3. The van der Waals surface area contributed by atoms with Gasteiger partial charge in [0.15, 0.2) is 5.82 Å². The minimum atomic E-state index is 0.805. The smallest absolute Gasteiger partial charge is 0.151 e. The first kappa shape index (κ1) is 13.4. The molecule has 0 radical (unpaired) electrons. The highest BCUT2D eigenvalue weighted by molar-refractivity contribution is 9.08. The molecule has 2 rings (SSSR count). The third-order valence-electron chi connectivity index (χ3n) is 2.98. The Balaban J connectivity index is 2.31. The van der Waals surface area contributed by atoms with Gasteiger partial charge in [0.25, 0.3) is 0 Å². The van der Waals surface area contributed by atoms with E-state index in [-0.39, 0.29) is 0 Å². The van der Waals surface area contributed by atoms with Crippen LogP contribution in [0.5, 0.6) is 0 Å². The van der Waals surface area contributed by atoms with Crippen LogP contribution in [-0.2, 0) is 5.33 Å². The van der Waals surface area contributed by atoms with Crippen LogP contribution in [0.4, 0.5) is 5.82 Å². The highest BCUT2D eigenvalue weighted by Crippen LogP contribution is 2.22. The Hall–Kier alpha value is -1.07. The lowest BCUT2D eigenvalue weighted by Gasteiger charge is -2.20. The number of alkyl halides is 1. The Kier molecular flexibility index (Phi) is 4.24. The number of aromatic nitrogens is 2. The lowest BCUT2D eigenvalue weighted by Crippen LogP contribution is -2.29. The Morgan fingerprint density at radius 2 is 2.00 bits per heavy atom. The summed E-state index contributed by atoms with van der Waals surface area (Å²) in [6.07, 6.45) is 2.06. The van der Waals surface area contributed by atoms with E-state index >= 15 is 0 Å². The van der Waals surface area contributed by atoms with Gasteiger partial charge in [-0.05, 0) is 26.2 Å². The maximum atomic E-state index is 4.70. The lowest BCUT2D eigenvalue weighted by molar-refractivity contribution is 0.416. The molecule has 0 bridgehead atoms. The molecule has 0 aliphatic carbocycles. The van der Waals surface area contributed by atoms with E-state index in [1.807, 2.05) is 18.2 Å². The van der Waals surface area contributed by atoms with Gasteiger partial charge in [-0.25, -0.2) is 4.98 Å². The van der Waals surface area contributed by atoms with Crippen molar-refractivity contribution in [2.45, 2.75) is 5.33 Å². The van der Waals surface area contributed by atoms with Crippen LogP contribution in [0.3, 0.4) is 0 Å². The van der Waals surface area contributed by atoms with Crippen molar-refractivity contribution in [3.8, 4) is 0 Å². The number of hydrogen-bond acceptors (Lipinski definition) is 3. The predicted octanol–water partition coefficient (Wildman–Crippen LogP) is 2.23. The normalized spacial score (nSPS) is 11.4. The van der Waals surface area contributed by atoms with E-state index in [4.69, 9.17) is 4.98 Å². The van der Waals surface area contributed by atoms with Gasteiger partial charge in [0.2, 0.25) is 0 Å². The van der Waals surface area contributed by atoms with Crippen molar-refractivity contribution in [1.82, 2.24) is 14.3 Å². The van der Waals surface area contributed by atoms with Crippen LogP contribution in [0.25, 0.3) is 5.65 Å². The van der Waals surface area contributed by atoms with Crippen LogP contribution in [0.2, 0.25) is 0 Å².